The molecule has 0 aliphatic heterocycles. The van der Waals surface area contributed by atoms with Gasteiger partial charge in [-0.15, -0.1) is 0 Å². The van der Waals surface area contributed by atoms with Crippen LogP contribution in [0.25, 0.3) is 0 Å². The van der Waals surface area contributed by atoms with Crippen molar-refractivity contribution in [2.45, 2.75) is 44.3 Å². The summed E-state index contributed by atoms with van der Waals surface area (Å²) in [7, 11) is 1.61. The summed E-state index contributed by atoms with van der Waals surface area (Å²) in [5.41, 5.74) is 0.215. The van der Waals surface area contributed by atoms with E-state index in [0.29, 0.717) is 19.0 Å². The van der Waals surface area contributed by atoms with Crippen molar-refractivity contribution in [3.63, 3.8) is 0 Å². The van der Waals surface area contributed by atoms with Crippen LogP contribution in [-0.2, 0) is 0 Å². The molecule has 118 valence electrons. The fraction of sp³-hybridized carbons (Fsp3) is 0.647. The van der Waals surface area contributed by atoms with Gasteiger partial charge in [-0.2, -0.15) is 0 Å². The van der Waals surface area contributed by atoms with Crippen molar-refractivity contribution in [2.75, 3.05) is 20.2 Å². The zero-order valence-corrected chi connectivity index (χ0v) is 13.0. The van der Waals surface area contributed by atoms with E-state index >= 15 is 0 Å². The van der Waals surface area contributed by atoms with Gasteiger partial charge in [0.25, 0.3) is 0 Å². The molecule has 2 rings (SSSR count). The lowest BCUT2D eigenvalue weighted by Crippen LogP contribution is -2.44. The second kappa shape index (κ2) is 7.25. The Kier molecular flexibility index (Phi) is 5.62. The highest BCUT2D eigenvalue weighted by Crippen LogP contribution is 2.31. The van der Waals surface area contributed by atoms with Gasteiger partial charge in [0.05, 0.1) is 18.8 Å². The number of hydrogen-bond donors (Lipinski definition) is 3. The number of ether oxygens (including phenoxy) is 1. The second-order valence-corrected chi connectivity index (χ2v) is 6.33. The van der Waals surface area contributed by atoms with Crippen molar-refractivity contribution in [1.82, 2.24) is 5.32 Å². The van der Waals surface area contributed by atoms with Crippen molar-refractivity contribution < 1.29 is 14.9 Å². The number of aliphatic hydroxyl groups is 2. The molecule has 0 radical (unpaired) electrons. The molecule has 1 aromatic rings. The molecule has 1 fully saturated rings. The number of rotatable bonds is 6. The van der Waals surface area contributed by atoms with Crippen molar-refractivity contribution in [3.05, 3.63) is 29.8 Å². The molecule has 0 aromatic heterocycles. The first-order valence-electron chi connectivity index (χ1n) is 7.77. The summed E-state index contributed by atoms with van der Waals surface area (Å²) in [6, 6.07) is 7.44. The molecule has 0 saturated heterocycles. The molecule has 1 aliphatic rings. The van der Waals surface area contributed by atoms with Crippen LogP contribution in [0.15, 0.2) is 24.3 Å². The Morgan fingerprint density at radius 2 is 2.10 bits per heavy atom. The van der Waals surface area contributed by atoms with Gasteiger partial charge in [-0.3, -0.25) is 0 Å². The molecule has 21 heavy (non-hydrogen) atoms. The Labute approximate surface area is 127 Å². The average molecular weight is 293 g/mol. The first-order chi connectivity index (χ1) is 10.0. The normalized spacial score (nSPS) is 27.3. The fourth-order valence-corrected chi connectivity index (χ4v) is 2.88. The van der Waals surface area contributed by atoms with E-state index in [0.717, 1.165) is 37.0 Å². The van der Waals surface area contributed by atoms with Crippen LogP contribution in [0.3, 0.4) is 0 Å². The lowest BCUT2D eigenvalue weighted by atomic mass is 9.79. The van der Waals surface area contributed by atoms with Crippen LogP contribution in [0.5, 0.6) is 5.75 Å². The highest BCUT2D eigenvalue weighted by atomic mass is 16.5. The molecule has 3 N–H and O–H groups in total. The van der Waals surface area contributed by atoms with Gasteiger partial charge in [0.1, 0.15) is 5.75 Å². The minimum Gasteiger partial charge on any atom is -0.497 e. The summed E-state index contributed by atoms with van der Waals surface area (Å²) in [5, 5.41) is 23.9. The fourth-order valence-electron chi connectivity index (χ4n) is 2.88. The van der Waals surface area contributed by atoms with E-state index in [1.807, 2.05) is 24.3 Å². The lowest BCUT2D eigenvalue weighted by molar-refractivity contribution is -0.00804. The summed E-state index contributed by atoms with van der Waals surface area (Å²) < 4.78 is 5.16. The third kappa shape index (κ3) is 4.70. The first-order valence-corrected chi connectivity index (χ1v) is 7.77. The highest BCUT2D eigenvalue weighted by Gasteiger charge is 2.31. The monoisotopic (exact) mass is 293 g/mol. The van der Waals surface area contributed by atoms with Gasteiger partial charge in [-0.1, -0.05) is 19.1 Å². The van der Waals surface area contributed by atoms with Gasteiger partial charge in [0, 0.05) is 13.1 Å². The Morgan fingerprint density at radius 3 is 2.76 bits per heavy atom. The maximum absolute atomic E-state index is 10.5. The smallest absolute Gasteiger partial charge is 0.119 e. The predicted octanol–water partition coefficient (Wildman–Crippen LogP) is 2.26. The predicted molar refractivity (Wildman–Crippen MR) is 83.4 cm³/mol. The van der Waals surface area contributed by atoms with Crippen LogP contribution in [-0.4, -0.2) is 36.0 Å². The number of aliphatic hydroxyl groups excluding tert-OH is 1. The zero-order chi connectivity index (χ0) is 15.3. The molecular weight excluding hydrogens is 266 g/mol. The molecule has 1 atom stereocenters. The number of nitrogens with one attached hydrogen (secondary N) is 1. The molecule has 0 amide bonds. The van der Waals surface area contributed by atoms with Crippen molar-refractivity contribution in [3.8, 4) is 5.75 Å². The molecule has 0 spiro atoms. The maximum atomic E-state index is 10.5. The number of hydrogen-bond acceptors (Lipinski definition) is 4. The molecule has 1 saturated carbocycles. The van der Waals surface area contributed by atoms with Gasteiger partial charge >= 0.3 is 0 Å². The van der Waals surface area contributed by atoms with E-state index in [-0.39, 0.29) is 0 Å². The summed E-state index contributed by atoms with van der Waals surface area (Å²) >= 11 is 0. The van der Waals surface area contributed by atoms with Crippen LogP contribution < -0.4 is 10.1 Å². The van der Waals surface area contributed by atoms with E-state index in [1.165, 1.54) is 0 Å². The Balaban J connectivity index is 1.79. The SMILES string of the molecule is COc1cccc(C(O)CNCC2(O)CCC(C)CC2)c1. The summed E-state index contributed by atoms with van der Waals surface area (Å²) in [6.45, 7) is 3.21. The minimum absolute atomic E-state index is 0.436. The number of benzene rings is 1. The third-order valence-corrected chi connectivity index (χ3v) is 4.48. The van der Waals surface area contributed by atoms with Crippen LogP contribution >= 0.6 is 0 Å². The van der Waals surface area contributed by atoms with E-state index < -0.39 is 11.7 Å². The summed E-state index contributed by atoms with van der Waals surface area (Å²) in [6.07, 6.45) is 3.26. The molecule has 1 unspecified atom stereocenters. The molecule has 4 nitrogen and oxygen atoms in total. The van der Waals surface area contributed by atoms with Crippen LogP contribution in [0.4, 0.5) is 0 Å². The van der Waals surface area contributed by atoms with Crippen molar-refractivity contribution in [1.29, 1.82) is 0 Å². The van der Waals surface area contributed by atoms with Crippen LogP contribution in [0.1, 0.15) is 44.3 Å². The van der Waals surface area contributed by atoms with Crippen molar-refractivity contribution in [2.24, 2.45) is 5.92 Å². The molecule has 4 heteroatoms. The van der Waals surface area contributed by atoms with Crippen molar-refractivity contribution >= 4 is 0 Å². The van der Waals surface area contributed by atoms with E-state index in [9.17, 15) is 10.2 Å². The molecule has 1 aromatic carbocycles. The van der Waals surface area contributed by atoms with Gasteiger partial charge in [-0.25, -0.2) is 0 Å². The molecular formula is C17H27NO3. The second-order valence-electron chi connectivity index (χ2n) is 6.33. The third-order valence-electron chi connectivity index (χ3n) is 4.48. The average Bonchev–Trinajstić information content (AvgIpc) is 2.50. The summed E-state index contributed by atoms with van der Waals surface area (Å²) in [5.74, 6) is 1.46. The molecule has 0 bridgehead atoms. The quantitative estimate of drug-likeness (QED) is 0.753. The highest BCUT2D eigenvalue weighted by molar-refractivity contribution is 5.29. The van der Waals surface area contributed by atoms with E-state index in [4.69, 9.17) is 4.74 Å². The minimum atomic E-state index is -0.611. The lowest BCUT2D eigenvalue weighted by Gasteiger charge is -2.35. The standard InChI is InChI=1S/C17H27NO3/c1-13-6-8-17(20,9-7-13)12-18-11-16(19)14-4-3-5-15(10-14)21-2/h3-5,10,13,16,18-20H,6-9,11-12H2,1-2H3. The molecule has 1 aliphatic carbocycles. The summed E-state index contributed by atoms with van der Waals surface area (Å²) in [4.78, 5) is 0. The van der Waals surface area contributed by atoms with Crippen LogP contribution in [0, 0.1) is 5.92 Å². The first kappa shape index (κ1) is 16.3. The molecule has 0 heterocycles. The van der Waals surface area contributed by atoms with E-state index in [2.05, 4.69) is 12.2 Å². The topological polar surface area (TPSA) is 61.7 Å². The van der Waals surface area contributed by atoms with Gasteiger partial charge in [-0.05, 0) is 49.3 Å². The maximum Gasteiger partial charge on any atom is 0.119 e. The largest absolute Gasteiger partial charge is 0.497 e. The van der Waals surface area contributed by atoms with Gasteiger partial charge < -0.3 is 20.3 Å². The van der Waals surface area contributed by atoms with Crippen LogP contribution in [0.2, 0.25) is 0 Å². The number of methoxy groups -OCH3 is 1. The van der Waals surface area contributed by atoms with E-state index in [1.54, 1.807) is 7.11 Å². The Hall–Kier alpha value is -1.10. The zero-order valence-electron chi connectivity index (χ0n) is 13.0. The Bertz CT molecular complexity index is 441. The van der Waals surface area contributed by atoms with Gasteiger partial charge in [0.15, 0.2) is 0 Å². The Morgan fingerprint density at radius 1 is 1.38 bits per heavy atom. The van der Waals surface area contributed by atoms with Gasteiger partial charge in [0.2, 0.25) is 0 Å².